The van der Waals surface area contributed by atoms with Crippen molar-refractivity contribution in [3.63, 3.8) is 0 Å². The summed E-state index contributed by atoms with van der Waals surface area (Å²) in [6.07, 6.45) is 0. The molecule has 0 aromatic rings. The maximum atomic E-state index is 7.17. The molecular weight excluding hydrogens is 226 g/mol. The molecule has 0 saturated carbocycles. The van der Waals surface area contributed by atoms with Gasteiger partial charge in [-0.15, -0.1) is 0 Å². The summed E-state index contributed by atoms with van der Waals surface area (Å²) >= 11 is 0. The molecule has 0 aliphatic carbocycles. The first kappa shape index (κ1) is 15.7. The van der Waals surface area contributed by atoms with Crippen molar-refractivity contribution in [3.8, 4) is 0 Å². The minimum Gasteiger partial charge on any atom is -0.402 e. The van der Waals surface area contributed by atoms with E-state index in [1.165, 1.54) is 0 Å². The van der Waals surface area contributed by atoms with Crippen LogP contribution in [0.5, 0.6) is 0 Å². The maximum Gasteiger partial charge on any atom is 0.631 e. The third-order valence-electron chi connectivity index (χ3n) is 0. The molecule has 3 N–H and O–H groups in total. The van der Waals surface area contributed by atoms with Crippen molar-refractivity contribution in [3.05, 3.63) is 0 Å². The maximum absolute atomic E-state index is 7.17. The fraction of sp³-hybridized carbons (Fsp3) is 0. The van der Waals surface area contributed by atoms with Gasteiger partial charge >= 0.3 is 7.32 Å². The van der Waals surface area contributed by atoms with Gasteiger partial charge in [-0.05, 0) is 0 Å². The molecule has 0 aromatic heterocycles. The Morgan fingerprint density at radius 1 is 1.00 bits per heavy atom. The topological polar surface area (TPSA) is 60.7 Å². The molecule has 0 bridgehead atoms. The van der Waals surface area contributed by atoms with Crippen LogP contribution in [0.15, 0.2) is 0 Å². The molecule has 6 heavy (non-hydrogen) atoms. The van der Waals surface area contributed by atoms with Crippen molar-refractivity contribution in [2.24, 2.45) is 0 Å². The van der Waals surface area contributed by atoms with Gasteiger partial charge in [0, 0.05) is 41.7 Å². The van der Waals surface area contributed by atoms with Gasteiger partial charge in [0.1, 0.15) is 0 Å². The quantitative estimate of drug-likeness (QED) is 0.385. The molecule has 0 aliphatic rings. The van der Waals surface area contributed by atoms with Gasteiger partial charge in [-0.2, -0.15) is 0 Å². The monoisotopic (exact) mass is 232 g/mol. The van der Waals surface area contributed by atoms with Gasteiger partial charge in [0.25, 0.3) is 0 Å². The average Bonchev–Trinajstić information content (AvgIpc) is 0.811. The van der Waals surface area contributed by atoms with Crippen molar-refractivity contribution in [1.29, 1.82) is 0 Å². The van der Waals surface area contributed by atoms with Gasteiger partial charge in [0.15, 0.2) is 17.4 Å². The summed E-state index contributed by atoms with van der Waals surface area (Å²) in [5, 5.41) is 21.5. The van der Waals surface area contributed by atoms with Crippen LogP contribution in [0.4, 0.5) is 0 Å². The number of hydrogen-bond acceptors (Lipinski definition) is 3. The van der Waals surface area contributed by atoms with Gasteiger partial charge in [0.05, 0.1) is 0 Å². The van der Waals surface area contributed by atoms with Crippen LogP contribution in [0, 0.1) is 41.7 Å². The van der Waals surface area contributed by atoms with Crippen LogP contribution < -0.4 is 0 Å². The first-order chi connectivity index (χ1) is 1.73. The molecule has 0 atom stereocenters. The molecule has 0 spiro atoms. The van der Waals surface area contributed by atoms with E-state index in [1.54, 1.807) is 0 Å². The zero-order valence-electron chi connectivity index (χ0n) is 2.42. The minimum absolute atomic E-state index is 0. The third kappa shape index (κ3) is 40.1. The van der Waals surface area contributed by atoms with E-state index in [9.17, 15) is 0 Å². The van der Waals surface area contributed by atoms with Crippen LogP contribution in [0.25, 0.3) is 0 Å². The van der Waals surface area contributed by atoms with E-state index in [4.69, 9.17) is 15.1 Å². The summed E-state index contributed by atoms with van der Waals surface area (Å²) < 4.78 is 0. The van der Waals surface area contributed by atoms with E-state index in [-0.39, 0.29) is 59.1 Å². The molecule has 0 saturated heterocycles. The molecule has 34 valence electrons. The summed E-state index contributed by atoms with van der Waals surface area (Å²) in [6, 6.07) is 0. The molecule has 0 aliphatic heterocycles. The Hall–Kier alpha value is 1.85. The zero-order chi connectivity index (χ0) is 3.58. The molecule has 6 heteroatoms. The third-order valence-corrected chi connectivity index (χ3v) is 0. The van der Waals surface area contributed by atoms with Crippen molar-refractivity contribution in [2.75, 3.05) is 0 Å². The van der Waals surface area contributed by atoms with Gasteiger partial charge in [-0.3, -0.25) is 0 Å². The Morgan fingerprint density at radius 2 is 1.00 bits per heavy atom. The van der Waals surface area contributed by atoms with Gasteiger partial charge < -0.3 is 15.1 Å². The van der Waals surface area contributed by atoms with Gasteiger partial charge in [-0.1, -0.05) is 0 Å². The molecule has 0 unspecified atom stereocenters. The number of hydrogen-bond donors (Lipinski definition) is 3. The Balaban J connectivity index is -0.0000000450. The van der Waals surface area contributed by atoms with E-state index < -0.39 is 7.32 Å². The Kier molecular flexibility index (Phi) is 26.0. The van der Waals surface area contributed by atoms with Crippen LogP contribution in [0.3, 0.4) is 0 Å². The molecule has 0 aromatic carbocycles. The molecule has 0 rings (SSSR count). The Morgan fingerprint density at radius 3 is 1.00 bits per heavy atom. The molecular formula is H6AlBCeO3. The largest absolute Gasteiger partial charge is 0.631 e. The van der Waals surface area contributed by atoms with Crippen LogP contribution in [-0.2, 0) is 0 Å². The van der Waals surface area contributed by atoms with Crippen LogP contribution in [0.1, 0.15) is 0 Å². The predicted molar refractivity (Wildman–Crippen MR) is 22.3 cm³/mol. The second-order valence-corrected chi connectivity index (χ2v) is 0.346. The summed E-state index contributed by atoms with van der Waals surface area (Å²) in [4.78, 5) is 0. The predicted octanol–water partition coefficient (Wildman–Crippen LogP) is -3.24. The first-order valence-electron chi connectivity index (χ1n) is 0.775. The van der Waals surface area contributed by atoms with Crippen LogP contribution in [-0.4, -0.2) is 39.8 Å². The molecule has 0 radical (unpaired) electrons. The first-order valence-corrected chi connectivity index (χ1v) is 0.775. The van der Waals surface area contributed by atoms with Gasteiger partial charge in [-0.25, -0.2) is 0 Å². The molecule has 3 nitrogen and oxygen atoms in total. The standard InChI is InChI=1S/Al.BH3O3.Ce.3H/c;2-1(3)4;;;;/h;2-4H;;;;. The van der Waals surface area contributed by atoms with Crippen LogP contribution in [0.2, 0.25) is 0 Å². The SMILES string of the molecule is OB(O)O.[AlH3].[Ce]. The van der Waals surface area contributed by atoms with Crippen molar-refractivity contribution in [1.82, 2.24) is 0 Å². The molecule has 0 amide bonds. The number of rotatable bonds is 0. The fourth-order valence-corrected chi connectivity index (χ4v) is 0. The summed E-state index contributed by atoms with van der Waals surface area (Å²) in [5.41, 5.74) is 0. The smallest absolute Gasteiger partial charge is 0.402 e. The summed E-state index contributed by atoms with van der Waals surface area (Å²) in [7, 11) is -2.17. The minimum atomic E-state index is -2.17. The average molecular weight is 232 g/mol. The summed E-state index contributed by atoms with van der Waals surface area (Å²) in [6.45, 7) is 0. The van der Waals surface area contributed by atoms with Crippen molar-refractivity contribution >= 4 is 24.7 Å². The Labute approximate surface area is 80.4 Å². The Bertz CT molecular complexity index is 15.5. The van der Waals surface area contributed by atoms with Gasteiger partial charge in [0.2, 0.25) is 0 Å². The van der Waals surface area contributed by atoms with Crippen molar-refractivity contribution in [2.45, 2.75) is 0 Å². The molecule has 0 heterocycles. The van der Waals surface area contributed by atoms with Crippen LogP contribution >= 0.6 is 0 Å². The van der Waals surface area contributed by atoms with E-state index in [0.717, 1.165) is 0 Å². The van der Waals surface area contributed by atoms with E-state index >= 15 is 0 Å². The zero-order valence-corrected chi connectivity index (χ0v) is 5.56. The second-order valence-electron chi connectivity index (χ2n) is 0.346. The normalized spacial score (nSPS) is 4.50. The second kappa shape index (κ2) is 9.97. The van der Waals surface area contributed by atoms with E-state index in [1.807, 2.05) is 0 Å². The molecule has 0 fully saturated rings. The fourth-order valence-electron chi connectivity index (χ4n) is 0. The van der Waals surface area contributed by atoms with Crippen molar-refractivity contribution < 1.29 is 56.8 Å². The van der Waals surface area contributed by atoms with E-state index in [2.05, 4.69) is 0 Å². The summed E-state index contributed by atoms with van der Waals surface area (Å²) in [5.74, 6) is 0. The van der Waals surface area contributed by atoms with E-state index in [0.29, 0.717) is 0 Å².